The van der Waals surface area contributed by atoms with Crippen LogP contribution >= 0.6 is 0 Å². The lowest BCUT2D eigenvalue weighted by molar-refractivity contribution is -0.332. The Balaban J connectivity index is 1.76. The highest BCUT2D eigenvalue weighted by Crippen LogP contribution is 2.26. The van der Waals surface area contributed by atoms with E-state index < -0.39 is 80.7 Å². The fourth-order valence-corrected chi connectivity index (χ4v) is 8.55. The number of esters is 1. The van der Waals surface area contributed by atoms with E-state index in [1.54, 1.807) is 0 Å². The van der Waals surface area contributed by atoms with E-state index in [1.165, 1.54) is 116 Å². The Morgan fingerprint density at radius 3 is 1.45 bits per heavy atom. The molecular weight excluding hydrogens is 861 g/mol. The molecule has 0 aliphatic carbocycles. The standard InChI is InChI=1S/C53H98O14/c1-3-5-7-9-11-13-15-17-19-21-23-25-27-29-31-33-35-37-62-39-42(65-45(55)36-34-32-30-28-26-24-22-20-18-16-14-12-10-8-6-4-2)40-63-52-51(61)49(59)47(57)44(67-52)41-64-53-50(60)48(58)46(56)43(38-54)66-53/h14,16,20,22,42-44,46-54,56-61H,3-13,15,17-19,21,23-41H2,1-2H3/b16-14-,22-20-. The SMILES string of the molecule is CCCCCC/C=C\C/C=C\CCCCCCCC(=O)OC(COCCCCCCCCCCCCCCCCCCC)COC1OC(COC2OC(CO)C(O)C(O)C2O)C(O)C(O)C1O. The largest absolute Gasteiger partial charge is 0.457 e. The minimum absolute atomic E-state index is 0.0600. The third kappa shape index (κ3) is 28.8. The van der Waals surface area contributed by atoms with Gasteiger partial charge < -0.3 is 64.2 Å². The second-order valence-electron chi connectivity index (χ2n) is 19.1. The zero-order valence-electron chi connectivity index (χ0n) is 41.9. The molecule has 0 spiro atoms. The summed E-state index contributed by atoms with van der Waals surface area (Å²) in [5, 5.41) is 72.2. The van der Waals surface area contributed by atoms with Crippen LogP contribution in [0.4, 0.5) is 0 Å². The topological polar surface area (TPSA) is 214 Å². The minimum atomic E-state index is -1.71. The van der Waals surface area contributed by atoms with Crippen LogP contribution in [0.2, 0.25) is 0 Å². The molecule has 0 radical (unpaired) electrons. The molecule has 0 aromatic heterocycles. The Bertz CT molecular complexity index is 1200. The van der Waals surface area contributed by atoms with Gasteiger partial charge in [0, 0.05) is 13.0 Å². The van der Waals surface area contributed by atoms with Gasteiger partial charge in [-0.05, 0) is 44.9 Å². The lowest BCUT2D eigenvalue weighted by Gasteiger charge is -2.42. The summed E-state index contributed by atoms with van der Waals surface area (Å²) >= 11 is 0. The fraction of sp³-hybridized carbons (Fsp3) is 0.906. The van der Waals surface area contributed by atoms with E-state index in [0.29, 0.717) is 13.0 Å². The van der Waals surface area contributed by atoms with E-state index in [-0.39, 0.29) is 25.6 Å². The zero-order chi connectivity index (χ0) is 48.7. The second kappa shape index (κ2) is 41.1. The summed E-state index contributed by atoms with van der Waals surface area (Å²) in [5.41, 5.74) is 0. The summed E-state index contributed by atoms with van der Waals surface area (Å²) in [6.45, 7) is 3.68. The maximum atomic E-state index is 13.0. The molecule has 11 atom stereocenters. The molecule has 2 aliphatic heterocycles. The Hall–Kier alpha value is -1.53. The van der Waals surface area contributed by atoms with Crippen molar-refractivity contribution in [1.82, 2.24) is 0 Å². The van der Waals surface area contributed by atoms with E-state index in [2.05, 4.69) is 38.2 Å². The number of allylic oxidation sites excluding steroid dienone is 4. The molecule has 2 aliphatic rings. The van der Waals surface area contributed by atoms with Crippen molar-refractivity contribution in [2.24, 2.45) is 0 Å². The number of aliphatic hydroxyl groups excluding tert-OH is 7. The van der Waals surface area contributed by atoms with Gasteiger partial charge in [-0.15, -0.1) is 0 Å². The molecule has 0 saturated carbocycles. The van der Waals surface area contributed by atoms with Crippen LogP contribution in [-0.4, -0.2) is 142 Å². The summed E-state index contributed by atoms with van der Waals surface area (Å²) in [6.07, 6.45) is 28.0. The lowest BCUT2D eigenvalue weighted by atomic mass is 9.98. The number of carbonyl (C=O) groups is 1. The fourth-order valence-electron chi connectivity index (χ4n) is 8.55. The van der Waals surface area contributed by atoms with Crippen LogP contribution in [0.25, 0.3) is 0 Å². The van der Waals surface area contributed by atoms with Gasteiger partial charge in [-0.25, -0.2) is 0 Å². The Morgan fingerprint density at radius 2 is 0.925 bits per heavy atom. The number of unbranched alkanes of at least 4 members (excludes halogenated alkanes) is 25. The van der Waals surface area contributed by atoms with Gasteiger partial charge >= 0.3 is 5.97 Å². The number of hydrogen-bond donors (Lipinski definition) is 7. The predicted octanol–water partition coefficient (Wildman–Crippen LogP) is 8.41. The molecule has 2 fully saturated rings. The summed E-state index contributed by atoms with van der Waals surface area (Å²) in [4.78, 5) is 13.0. The van der Waals surface area contributed by atoms with Gasteiger partial charge in [0.2, 0.25) is 0 Å². The van der Waals surface area contributed by atoms with Crippen LogP contribution in [0.5, 0.6) is 0 Å². The van der Waals surface area contributed by atoms with E-state index in [0.717, 1.165) is 64.2 Å². The van der Waals surface area contributed by atoms with Gasteiger partial charge in [0.05, 0.1) is 26.4 Å². The quantitative estimate of drug-likeness (QED) is 0.0174. The average Bonchev–Trinajstić information content (AvgIpc) is 3.32. The lowest BCUT2D eigenvalue weighted by Crippen LogP contribution is -2.61. The molecule has 0 aromatic rings. The third-order valence-electron chi connectivity index (χ3n) is 13.0. The summed E-state index contributed by atoms with van der Waals surface area (Å²) in [5.74, 6) is -0.386. The molecule has 11 unspecified atom stereocenters. The van der Waals surface area contributed by atoms with E-state index in [4.69, 9.17) is 28.4 Å². The first kappa shape index (κ1) is 61.6. The number of hydrogen-bond acceptors (Lipinski definition) is 14. The van der Waals surface area contributed by atoms with Gasteiger partial charge in [0.15, 0.2) is 12.6 Å². The van der Waals surface area contributed by atoms with Crippen LogP contribution in [0.1, 0.15) is 206 Å². The highest BCUT2D eigenvalue weighted by molar-refractivity contribution is 5.69. The summed E-state index contributed by atoms with van der Waals surface area (Å²) < 4.78 is 34.3. The van der Waals surface area contributed by atoms with Crippen molar-refractivity contribution in [1.29, 1.82) is 0 Å². The van der Waals surface area contributed by atoms with Gasteiger partial charge in [-0.2, -0.15) is 0 Å². The van der Waals surface area contributed by atoms with Gasteiger partial charge in [-0.3, -0.25) is 4.79 Å². The number of ether oxygens (including phenoxy) is 6. The molecule has 2 heterocycles. The van der Waals surface area contributed by atoms with Crippen LogP contribution in [-0.2, 0) is 33.2 Å². The van der Waals surface area contributed by atoms with Crippen molar-refractivity contribution in [2.45, 2.75) is 274 Å². The molecule has 2 saturated heterocycles. The number of aliphatic hydroxyl groups is 7. The Labute approximate surface area is 405 Å². The molecule has 7 N–H and O–H groups in total. The number of carbonyl (C=O) groups excluding carboxylic acids is 1. The highest BCUT2D eigenvalue weighted by atomic mass is 16.7. The van der Waals surface area contributed by atoms with E-state index in [9.17, 15) is 40.5 Å². The molecule has 394 valence electrons. The van der Waals surface area contributed by atoms with Crippen molar-refractivity contribution >= 4 is 5.97 Å². The smallest absolute Gasteiger partial charge is 0.306 e. The van der Waals surface area contributed by atoms with E-state index in [1.807, 2.05) is 0 Å². The van der Waals surface area contributed by atoms with Crippen molar-refractivity contribution in [2.75, 3.05) is 33.0 Å². The summed E-state index contributed by atoms with van der Waals surface area (Å²) in [6, 6.07) is 0. The van der Waals surface area contributed by atoms with Crippen molar-refractivity contribution in [3.8, 4) is 0 Å². The molecule has 14 nitrogen and oxygen atoms in total. The first-order valence-corrected chi connectivity index (χ1v) is 26.9. The second-order valence-corrected chi connectivity index (χ2v) is 19.1. The van der Waals surface area contributed by atoms with Crippen LogP contribution < -0.4 is 0 Å². The molecule has 0 amide bonds. The first-order valence-electron chi connectivity index (χ1n) is 26.9. The molecule has 0 bridgehead atoms. The van der Waals surface area contributed by atoms with Crippen molar-refractivity contribution < 1.29 is 69.0 Å². The van der Waals surface area contributed by atoms with Crippen LogP contribution in [0.15, 0.2) is 24.3 Å². The van der Waals surface area contributed by atoms with Gasteiger partial charge in [0.25, 0.3) is 0 Å². The Morgan fingerprint density at radius 1 is 0.493 bits per heavy atom. The zero-order valence-corrected chi connectivity index (χ0v) is 41.9. The Kier molecular flexibility index (Phi) is 37.8. The molecule has 14 heteroatoms. The molecule has 2 rings (SSSR count). The van der Waals surface area contributed by atoms with Crippen molar-refractivity contribution in [3.63, 3.8) is 0 Å². The average molecular weight is 959 g/mol. The molecular formula is C53H98O14. The highest BCUT2D eigenvalue weighted by Gasteiger charge is 2.47. The third-order valence-corrected chi connectivity index (χ3v) is 13.0. The maximum absolute atomic E-state index is 13.0. The number of rotatable bonds is 43. The van der Waals surface area contributed by atoms with Gasteiger partial charge in [-0.1, -0.05) is 179 Å². The van der Waals surface area contributed by atoms with Crippen LogP contribution in [0, 0.1) is 0 Å². The minimum Gasteiger partial charge on any atom is -0.457 e. The molecule has 67 heavy (non-hydrogen) atoms. The summed E-state index contributed by atoms with van der Waals surface area (Å²) in [7, 11) is 0. The monoisotopic (exact) mass is 959 g/mol. The van der Waals surface area contributed by atoms with Gasteiger partial charge in [0.1, 0.15) is 54.9 Å². The van der Waals surface area contributed by atoms with E-state index >= 15 is 0 Å². The first-order chi connectivity index (χ1) is 32.6. The maximum Gasteiger partial charge on any atom is 0.306 e. The molecule has 0 aromatic carbocycles. The normalized spacial score (nSPS) is 26.2. The predicted molar refractivity (Wildman–Crippen MR) is 261 cm³/mol. The van der Waals surface area contributed by atoms with Crippen LogP contribution in [0.3, 0.4) is 0 Å². The van der Waals surface area contributed by atoms with Crippen molar-refractivity contribution in [3.05, 3.63) is 24.3 Å².